The lowest BCUT2D eigenvalue weighted by molar-refractivity contribution is -0.115. The minimum absolute atomic E-state index is 0.0708. The first kappa shape index (κ1) is 21.9. The van der Waals surface area contributed by atoms with Crippen molar-refractivity contribution in [3.63, 3.8) is 0 Å². The first-order valence-corrected chi connectivity index (χ1v) is 11.3. The van der Waals surface area contributed by atoms with E-state index in [4.69, 9.17) is 0 Å². The fraction of sp³-hybridized carbons (Fsp3) is 0.381. The van der Waals surface area contributed by atoms with Gasteiger partial charge >= 0.3 is 0 Å². The van der Waals surface area contributed by atoms with Crippen LogP contribution in [0.3, 0.4) is 0 Å². The number of nitrogens with zero attached hydrogens (tertiary/aromatic N) is 2. The number of aromatic nitrogens is 1. The summed E-state index contributed by atoms with van der Waals surface area (Å²) in [5.41, 5.74) is 1.39. The normalized spacial score (nSPS) is 17.3. The van der Waals surface area contributed by atoms with Crippen molar-refractivity contribution in [2.75, 3.05) is 18.4 Å². The van der Waals surface area contributed by atoms with Crippen molar-refractivity contribution < 1.29 is 18.0 Å². The first-order valence-electron chi connectivity index (χ1n) is 9.89. The smallest absolute Gasteiger partial charge is 0.252 e. The van der Waals surface area contributed by atoms with Gasteiger partial charge in [0.05, 0.1) is 23.3 Å². The summed E-state index contributed by atoms with van der Waals surface area (Å²) in [7, 11) is -3.69. The molecule has 1 fully saturated rings. The van der Waals surface area contributed by atoms with Gasteiger partial charge in [-0.3, -0.25) is 14.6 Å². The van der Waals surface area contributed by atoms with Crippen LogP contribution in [0.25, 0.3) is 0 Å². The third-order valence-corrected chi connectivity index (χ3v) is 7.17. The molecule has 0 saturated carbocycles. The molecule has 160 valence electrons. The second-order valence-corrected chi connectivity index (χ2v) is 9.30. The van der Waals surface area contributed by atoms with E-state index in [1.807, 2.05) is 6.92 Å². The molecule has 1 saturated heterocycles. The Morgan fingerprint density at radius 1 is 1.23 bits per heavy atom. The van der Waals surface area contributed by atoms with Crippen molar-refractivity contribution in [1.82, 2.24) is 14.6 Å². The first-order chi connectivity index (χ1) is 14.3. The van der Waals surface area contributed by atoms with Crippen LogP contribution in [0.1, 0.15) is 42.1 Å². The summed E-state index contributed by atoms with van der Waals surface area (Å²) < 4.78 is 27.7. The number of carbonyl (C=O) groups is 2. The zero-order chi connectivity index (χ0) is 21.7. The van der Waals surface area contributed by atoms with E-state index in [0.29, 0.717) is 17.8 Å². The van der Waals surface area contributed by atoms with Gasteiger partial charge in [0.1, 0.15) is 0 Å². The molecule has 0 bridgehead atoms. The zero-order valence-electron chi connectivity index (χ0n) is 17.1. The van der Waals surface area contributed by atoms with Crippen molar-refractivity contribution in [2.45, 2.75) is 44.0 Å². The van der Waals surface area contributed by atoms with Crippen molar-refractivity contribution in [3.05, 3.63) is 53.9 Å². The maximum Gasteiger partial charge on any atom is 0.252 e. The van der Waals surface area contributed by atoms with Gasteiger partial charge in [0.25, 0.3) is 5.91 Å². The minimum atomic E-state index is -3.69. The Bertz CT molecular complexity index is 1020. The molecular weight excluding hydrogens is 404 g/mol. The number of hydrogen-bond donors (Lipinski definition) is 2. The van der Waals surface area contributed by atoms with Crippen LogP contribution in [0.5, 0.6) is 0 Å². The Morgan fingerprint density at radius 3 is 2.73 bits per heavy atom. The van der Waals surface area contributed by atoms with Gasteiger partial charge < -0.3 is 10.6 Å². The highest BCUT2D eigenvalue weighted by Gasteiger charge is 2.31. The average Bonchev–Trinajstić information content (AvgIpc) is 2.73. The lowest BCUT2D eigenvalue weighted by atomic mass is 10.1. The van der Waals surface area contributed by atoms with E-state index in [1.165, 1.54) is 22.6 Å². The van der Waals surface area contributed by atoms with Crippen LogP contribution >= 0.6 is 0 Å². The van der Waals surface area contributed by atoms with Gasteiger partial charge in [0.2, 0.25) is 15.9 Å². The van der Waals surface area contributed by atoms with Crippen LogP contribution in [0, 0.1) is 6.92 Å². The highest BCUT2D eigenvalue weighted by Crippen LogP contribution is 2.26. The molecule has 3 rings (SSSR count). The number of amides is 2. The van der Waals surface area contributed by atoms with Crippen LogP contribution in [-0.4, -0.2) is 48.7 Å². The SMILES string of the molecule is Cc1ccc(S(=O)(=O)N2CCCCC2C)cc1C(=O)NCC(=O)Nc1cccnc1. The number of piperidine rings is 1. The van der Waals surface area contributed by atoms with E-state index in [1.54, 1.807) is 31.3 Å². The number of benzene rings is 1. The van der Waals surface area contributed by atoms with Crippen LogP contribution in [0.15, 0.2) is 47.6 Å². The molecule has 2 heterocycles. The molecule has 8 nitrogen and oxygen atoms in total. The maximum atomic E-state index is 13.1. The zero-order valence-corrected chi connectivity index (χ0v) is 17.9. The Morgan fingerprint density at radius 2 is 2.03 bits per heavy atom. The Kier molecular flexibility index (Phi) is 6.84. The van der Waals surface area contributed by atoms with Crippen LogP contribution in [-0.2, 0) is 14.8 Å². The largest absolute Gasteiger partial charge is 0.343 e. The van der Waals surface area contributed by atoms with Gasteiger partial charge in [-0.05, 0) is 56.5 Å². The van der Waals surface area contributed by atoms with Gasteiger partial charge in [-0.2, -0.15) is 4.31 Å². The predicted octanol–water partition coefficient (Wildman–Crippen LogP) is 2.32. The van der Waals surface area contributed by atoms with E-state index in [9.17, 15) is 18.0 Å². The molecule has 1 unspecified atom stereocenters. The summed E-state index contributed by atoms with van der Waals surface area (Å²) in [4.78, 5) is 28.7. The minimum Gasteiger partial charge on any atom is -0.343 e. The third-order valence-electron chi connectivity index (χ3n) is 5.16. The molecule has 1 aliphatic heterocycles. The molecule has 0 spiro atoms. The molecule has 1 aromatic carbocycles. The molecule has 30 heavy (non-hydrogen) atoms. The molecule has 1 aromatic heterocycles. The lowest BCUT2D eigenvalue weighted by Crippen LogP contribution is -2.42. The highest BCUT2D eigenvalue weighted by atomic mass is 32.2. The van der Waals surface area contributed by atoms with E-state index in [2.05, 4.69) is 15.6 Å². The number of carbonyl (C=O) groups excluding carboxylic acids is 2. The number of hydrogen-bond acceptors (Lipinski definition) is 5. The quantitative estimate of drug-likeness (QED) is 0.731. The van der Waals surface area contributed by atoms with E-state index in [-0.39, 0.29) is 23.0 Å². The third kappa shape index (κ3) is 5.03. The molecule has 1 atom stereocenters. The summed E-state index contributed by atoms with van der Waals surface area (Å²) in [6.07, 6.45) is 5.75. The van der Waals surface area contributed by atoms with E-state index in [0.717, 1.165) is 19.3 Å². The van der Waals surface area contributed by atoms with Gasteiger partial charge in [-0.25, -0.2) is 8.42 Å². The highest BCUT2D eigenvalue weighted by molar-refractivity contribution is 7.89. The van der Waals surface area contributed by atoms with Gasteiger partial charge in [-0.1, -0.05) is 12.5 Å². The van der Waals surface area contributed by atoms with Crippen molar-refractivity contribution in [3.8, 4) is 0 Å². The fourth-order valence-electron chi connectivity index (χ4n) is 3.47. The Labute approximate surface area is 176 Å². The molecule has 2 N–H and O–H groups in total. The van der Waals surface area contributed by atoms with Crippen molar-refractivity contribution >= 4 is 27.5 Å². The Hall–Kier alpha value is -2.78. The van der Waals surface area contributed by atoms with Gasteiger partial charge in [0.15, 0.2) is 0 Å². The number of sulfonamides is 1. The molecule has 9 heteroatoms. The molecule has 1 aliphatic rings. The summed E-state index contributed by atoms with van der Waals surface area (Å²) >= 11 is 0. The number of nitrogens with one attached hydrogen (secondary N) is 2. The molecular formula is C21H26N4O4S. The number of anilines is 1. The molecule has 0 radical (unpaired) electrons. The number of rotatable bonds is 6. The number of aryl methyl sites for hydroxylation is 1. The summed E-state index contributed by atoms with van der Waals surface area (Å²) in [5, 5.41) is 5.18. The molecule has 0 aliphatic carbocycles. The lowest BCUT2D eigenvalue weighted by Gasteiger charge is -2.32. The summed E-state index contributed by atoms with van der Waals surface area (Å²) in [6, 6.07) is 7.84. The fourth-order valence-corrected chi connectivity index (χ4v) is 5.19. The van der Waals surface area contributed by atoms with Crippen molar-refractivity contribution in [1.29, 1.82) is 0 Å². The standard InChI is InChI=1S/C21H26N4O4S/c1-15-8-9-18(30(28,29)25-11-4-3-6-16(25)2)12-19(15)21(27)23-14-20(26)24-17-7-5-10-22-13-17/h5,7-10,12-13,16H,3-4,6,11,14H2,1-2H3,(H,23,27)(H,24,26). The Balaban J connectivity index is 1.71. The second-order valence-electron chi connectivity index (χ2n) is 7.41. The second kappa shape index (κ2) is 9.36. The predicted molar refractivity (Wildman–Crippen MR) is 114 cm³/mol. The van der Waals surface area contributed by atoms with Crippen LogP contribution in [0.4, 0.5) is 5.69 Å². The maximum absolute atomic E-state index is 13.1. The number of pyridine rings is 1. The summed E-state index contributed by atoms with van der Waals surface area (Å²) in [6.45, 7) is 3.87. The molecule has 2 amide bonds. The van der Waals surface area contributed by atoms with E-state index >= 15 is 0 Å². The monoisotopic (exact) mass is 430 g/mol. The average molecular weight is 431 g/mol. The van der Waals surface area contributed by atoms with Gasteiger partial charge in [0, 0.05) is 24.3 Å². The molecule has 2 aromatic rings. The van der Waals surface area contributed by atoms with Crippen LogP contribution < -0.4 is 10.6 Å². The van der Waals surface area contributed by atoms with Gasteiger partial charge in [-0.15, -0.1) is 0 Å². The van der Waals surface area contributed by atoms with Crippen LogP contribution in [0.2, 0.25) is 0 Å². The van der Waals surface area contributed by atoms with Crippen molar-refractivity contribution in [2.24, 2.45) is 0 Å². The summed E-state index contributed by atoms with van der Waals surface area (Å²) in [5.74, 6) is -0.905. The topological polar surface area (TPSA) is 108 Å². The van der Waals surface area contributed by atoms with E-state index < -0.39 is 21.8 Å².